The Kier molecular flexibility index (Phi) is 14.1. The molecule has 15 heteroatoms. The summed E-state index contributed by atoms with van der Waals surface area (Å²) in [6, 6.07) is 13.3. The van der Waals surface area contributed by atoms with E-state index in [0.717, 1.165) is 29.8 Å². The lowest BCUT2D eigenvalue weighted by Crippen LogP contribution is -2.57. The number of carbonyl (C=O) groups excluding carboxylic acids is 2. The average molecular weight is 715 g/mol. The van der Waals surface area contributed by atoms with Gasteiger partial charge < -0.3 is 30.6 Å². The van der Waals surface area contributed by atoms with Crippen molar-refractivity contribution in [2.24, 2.45) is 11.1 Å². The second kappa shape index (κ2) is 18.2. The van der Waals surface area contributed by atoms with Crippen LogP contribution in [0.1, 0.15) is 54.4 Å². The molecule has 1 saturated carbocycles. The molecule has 0 spiro atoms. The summed E-state index contributed by atoms with van der Waals surface area (Å²) in [4.78, 5) is 32.7. The Hall–Kier alpha value is -3.89. The minimum absolute atomic E-state index is 0.124. The van der Waals surface area contributed by atoms with Crippen molar-refractivity contribution in [3.05, 3.63) is 81.8 Å². The number of hydrogen-bond donors (Lipinski definition) is 4. The molecule has 1 aliphatic carbocycles. The number of hydrogen-bond acceptors (Lipinski definition) is 10. The molecule has 3 atom stereocenters. The Morgan fingerprint density at radius 1 is 1.14 bits per heavy atom. The van der Waals surface area contributed by atoms with E-state index in [1.807, 2.05) is 35.7 Å². The molecule has 13 nitrogen and oxygen atoms in total. The van der Waals surface area contributed by atoms with Crippen LogP contribution in [0, 0.1) is 5.92 Å². The Morgan fingerprint density at radius 3 is 2.47 bits per heavy atom. The molecular weight excluding hydrogens is 669 g/mol. The Morgan fingerprint density at radius 2 is 1.86 bits per heavy atom. The Balaban J connectivity index is 1.48. The van der Waals surface area contributed by atoms with Crippen LogP contribution in [0.4, 0.5) is 4.79 Å². The molecule has 1 fully saturated rings. The van der Waals surface area contributed by atoms with E-state index >= 15 is 0 Å². The molecule has 0 radical (unpaired) electrons. The topological polar surface area (TPSA) is 174 Å². The lowest BCUT2D eigenvalue weighted by molar-refractivity contribution is -0.126. The fourth-order valence-corrected chi connectivity index (χ4v) is 7.79. The van der Waals surface area contributed by atoms with Gasteiger partial charge >= 0.3 is 6.03 Å². The number of thiazole rings is 1. The Bertz CT molecular complexity index is 1630. The van der Waals surface area contributed by atoms with E-state index in [1.165, 1.54) is 45.8 Å². The first-order valence-corrected chi connectivity index (χ1v) is 18.6. The van der Waals surface area contributed by atoms with Crippen LogP contribution in [0.25, 0.3) is 0 Å². The molecule has 266 valence electrons. The highest BCUT2D eigenvalue weighted by Gasteiger charge is 2.32. The first-order valence-electron chi connectivity index (χ1n) is 16.2. The lowest BCUT2D eigenvalue weighted by Gasteiger charge is -2.33. The number of sulfonamides is 1. The summed E-state index contributed by atoms with van der Waals surface area (Å²) in [6.07, 6.45) is 3.66. The van der Waals surface area contributed by atoms with Gasteiger partial charge in [-0.25, -0.2) is 18.2 Å². The summed E-state index contributed by atoms with van der Waals surface area (Å²) in [5.41, 5.74) is 2.17. The number of ether oxygens (including phenoxy) is 1. The number of aliphatic hydroxyl groups is 1. The van der Waals surface area contributed by atoms with Crippen LogP contribution in [0.3, 0.4) is 0 Å². The number of nitrogens with one attached hydrogen (secondary N) is 2. The van der Waals surface area contributed by atoms with E-state index in [0.29, 0.717) is 30.8 Å². The van der Waals surface area contributed by atoms with Crippen LogP contribution in [-0.2, 0) is 39.1 Å². The summed E-state index contributed by atoms with van der Waals surface area (Å²) in [5.74, 6) is -0.330. The van der Waals surface area contributed by atoms with Gasteiger partial charge in [0, 0.05) is 38.7 Å². The van der Waals surface area contributed by atoms with Gasteiger partial charge in [0.2, 0.25) is 15.9 Å². The fraction of sp³-hybridized carbons (Fsp3) is 0.471. The molecule has 49 heavy (non-hydrogen) atoms. The molecule has 4 rings (SSSR count). The van der Waals surface area contributed by atoms with Crippen molar-refractivity contribution in [3.8, 4) is 0 Å². The van der Waals surface area contributed by atoms with Gasteiger partial charge in [0.1, 0.15) is 11.0 Å². The van der Waals surface area contributed by atoms with E-state index in [1.54, 1.807) is 26.3 Å². The van der Waals surface area contributed by atoms with Crippen LogP contribution in [0.5, 0.6) is 0 Å². The third kappa shape index (κ3) is 11.1. The standard InChI is InChI=1S/C34H46N6O7S2/c1-24(41)32(38-34(43)39(2)21-29-23-48-31(36-29)22-47-3)33(42)37-28(18-25-8-5-4-6-9-25)16-17-40(20-27-10-7-11-27)49(45,46)30-14-12-26(13-15-30)19-35-44/h4-6,8-9,12-15,19,23-24,27-28,32,41,44H,7,10-11,16-18,20-22H2,1-3H3,(H,37,42)(H,38,43)/t24-,28-,32+/m1/s1. The monoisotopic (exact) mass is 714 g/mol. The smallest absolute Gasteiger partial charge is 0.318 e. The van der Waals surface area contributed by atoms with Gasteiger partial charge in [-0.2, -0.15) is 4.31 Å². The van der Waals surface area contributed by atoms with Crippen LogP contribution in [0.15, 0.2) is 70.0 Å². The normalized spacial score (nSPS) is 15.4. The molecule has 1 aromatic heterocycles. The minimum Gasteiger partial charge on any atom is -0.411 e. The number of carbonyl (C=O) groups is 2. The lowest BCUT2D eigenvalue weighted by atomic mass is 9.85. The van der Waals surface area contributed by atoms with Crippen LogP contribution in [-0.4, -0.2) is 96.5 Å². The average Bonchev–Trinajstić information content (AvgIpc) is 3.49. The van der Waals surface area contributed by atoms with Crippen molar-refractivity contribution in [3.63, 3.8) is 0 Å². The molecule has 4 N–H and O–H groups in total. The predicted molar refractivity (Wildman–Crippen MR) is 187 cm³/mol. The largest absolute Gasteiger partial charge is 0.411 e. The number of oxime groups is 1. The van der Waals surface area contributed by atoms with E-state index in [2.05, 4.69) is 20.8 Å². The van der Waals surface area contributed by atoms with Gasteiger partial charge in [-0.05, 0) is 61.8 Å². The zero-order chi connectivity index (χ0) is 35.4. The van der Waals surface area contributed by atoms with Crippen molar-refractivity contribution >= 4 is 39.5 Å². The van der Waals surface area contributed by atoms with Crippen molar-refractivity contribution in [2.75, 3.05) is 27.2 Å². The highest BCUT2D eigenvalue weighted by molar-refractivity contribution is 7.89. The molecule has 0 unspecified atom stereocenters. The zero-order valence-electron chi connectivity index (χ0n) is 28.1. The minimum atomic E-state index is -3.88. The maximum atomic E-state index is 13.9. The van der Waals surface area contributed by atoms with Crippen molar-refractivity contribution in [1.82, 2.24) is 24.8 Å². The number of methoxy groups -OCH3 is 1. The van der Waals surface area contributed by atoms with Crippen LogP contribution < -0.4 is 10.6 Å². The van der Waals surface area contributed by atoms with Crippen LogP contribution in [0.2, 0.25) is 0 Å². The zero-order valence-corrected chi connectivity index (χ0v) is 29.7. The van der Waals surface area contributed by atoms with Gasteiger partial charge in [0.25, 0.3) is 0 Å². The van der Waals surface area contributed by atoms with E-state index < -0.39 is 40.1 Å². The predicted octanol–water partition coefficient (Wildman–Crippen LogP) is 3.60. The molecule has 0 bridgehead atoms. The van der Waals surface area contributed by atoms with E-state index in [4.69, 9.17) is 9.94 Å². The van der Waals surface area contributed by atoms with E-state index in [9.17, 15) is 23.1 Å². The SMILES string of the molecule is COCc1nc(CN(C)C(=O)N[C@H](C(=O)N[C@H](CCN(CC2CCC2)S(=O)(=O)c2ccc(C=NO)cc2)Cc2ccccc2)[C@@H](C)O)cs1. The van der Waals surface area contributed by atoms with Crippen molar-refractivity contribution in [2.45, 2.75) is 75.3 Å². The second-order valence-corrected chi connectivity index (χ2v) is 15.2. The molecular formula is C34H46N6O7S2. The number of benzene rings is 2. The number of nitrogens with zero attached hydrogens (tertiary/aromatic N) is 4. The number of aromatic nitrogens is 1. The summed E-state index contributed by atoms with van der Waals surface area (Å²) in [7, 11) is -0.730. The van der Waals surface area contributed by atoms with Gasteiger partial charge in [-0.3, -0.25) is 4.79 Å². The molecule has 0 saturated heterocycles. The third-order valence-corrected chi connectivity index (χ3v) is 11.2. The number of urea groups is 1. The molecule has 0 aliphatic heterocycles. The summed E-state index contributed by atoms with van der Waals surface area (Å²) >= 11 is 1.42. The molecule has 1 heterocycles. The summed E-state index contributed by atoms with van der Waals surface area (Å²) in [5, 5.41) is 30.7. The first-order chi connectivity index (χ1) is 23.5. The van der Waals surface area contributed by atoms with Gasteiger partial charge in [0.15, 0.2) is 0 Å². The molecule has 3 aromatic rings. The van der Waals surface area contributed by atoms with Gasteiger partial charge in [-0.1, -0.05) is 54.0 Å². The second-order valence-electron chi connectivity index (χ2n) is 12.3. The first kappa shape index (κ1) is 37.9. The van der Waals surface area contributed by atoms with Crippen molar-refractivity contribution < 1.29 is 33.1 Å². The Labute approximate surface area is 292 Å². The maximum Gasteiger partial charge on any atom is 0.318 e. The summed E-state index contributed by atoms with van der Waals surface area (Å²) in [6.45, 7) is 2.49. The highest BCUT2D eigenvalue weighted by atomic mass is 32.2. The van der Waals surface area contributed by atoms with Gasteiger partial charge in [0.05, 0.1) is 36.1 Å². The maximum absolute atomic E-state index is 13.9. The molecule has 1 aliphatic rings. The van der Waals surface area contributed by atoms with Crippen molar-refractivity contribution in [1.29, 1.82) is 0 Å². The number of amides is 3. The van der Waals surface area contributed by atoms with Gasteiger partial charge in [-0.15, -0.1) is 11.3 Å². The quantitative estimate of drug-likeness (QED) is 0.0879. The fourth-order valence-electron chi connectivity index (χ4n) is 5.50. The van der Waals surface area contributed by atoms with Crippen LogP contribution >= 0.6 is 11.3 Å². The number of rotatable bonds is 18. The number of aliphatic hydroxyl groups excluding tert-OH is 1. The third-order valence-electron chi connectivity index (χ3n) is 8.47. The molecule has 3 amide bonds. The highest BCUT2D eigenvalue weighted by Crippen LogP contribution is 2.29. The van der Waals surface area contributed by atoms with E-state index in [-0.39, 0.29) is 30.3 Å². The molecule has 2 aromatic carbocycles. The summed E-state index contributed by atoms with van der Waals surface area (Å²) < 4.78 is 34.3.